The first-order chi connectivity index (χ1) is 6.31. The Morgan fingerprint density at radius 2 is 1.31 bits per heavy atom. The molecule has 0 aliphatic carbocycles. The van der Waals surface area contributed by atoms with Crippen molar-refractivity contribution >= 4 is 0 Å². The molecule has 0 heterocycles. The van der Waals surface area contributed by atoms with Crippen molar-refractivity contribution in [3.63, 3.8) is 0 Å². The average molecular weight is 184 g/mol. The van der Waals surface area contributed by atoms with Crippen LogP contribution in [0.3, 0.4) is 0 Å². The van der Waals surface area contributed by atoms with E-state index >= 15 is 0 Å². The molecule has 0 aliphatic heterocycles. The molecule has 0 aromatic carbocycles. The van der Waals surface area contributed by atoms with Gasteiger partial charge < -0.3 is 0 Å². The second-order valence-corrected chi connectivity index (χ2v) is 4.45. The molecule has 0 aromatic heterocycles. The highest BCUT2D eigenvalue weighted by Gasteiger charge is 1.99. The van der Waals surface area contributed by atoms with Gasteiger partial charge in [0.25, 0.3) is 0 Å². The molecule has 0 radical (unpaired) electrons. The Kier molecular flexibility index (Phi) is 10.1. The van der Waals surface area contributed by atoms with Gasteiger partial charge in [-0.1, -0.05) is 78.6 Å². The normalized spacial score (nSPS) is 13.2. The van der Waals surface area contributed by atoms with Gasteiger partial charge in [-0.2, -0.15) is 0 Å². The van der Waals surface area contributed by atoms with E-state index < -0.39 is 0 Å². The first-order valence-corrected chi connectivity index (χ1v) is 6.31. The predicted octanol–water partition coefficient (Wildman–Crippen LogP) is 5.17. The van der Waals surface area contributed by atoms with Crippen LogP contribution in [0.25, 0.3) is 0 Å². The highest BCUT2D eigenvalue weighted by molar-refractivity contribution is 4.53. The van der Waals surface area contributed by atoms with Gasteiger partial charge in [0.05, 0.1) is 0 Å². The van der Waals surface area contributed by atoms with Gasteiger partial charge in [0.15, 0.2) is 0 Å². The van der Waals surface area contributed by atoms with Crippen LogP contribution in [0.15, 0.2) is 0 Å². The van der Waals surface area contributed by atoms with Crippen molar-refractivity contribution in [2.75, 3.05) is 0 Å². The minimum Gasteiger partial charge on any atom is -0.0654 e. The van der Waals surface area contributed by atoms with Gasteiger partial charge in [-0.25, -0.2) is 0 Å². The van der Waals surface area contributed by atoms with Crippen LogP contribution < -0.4 is 0 Å². The molecule has 0 bridgehead atoms. The van der Waals surface area contributed by atoms with E-state index in [-0.39, 0.29) is 0 Å². The maximum Gasteiger partial charge on any atom is -0.0443 e. The Morgan fingerprint density at radius 3 is 1.92 bits per heavy atom. The molecule has 13 heavy (non-hydrogen) atoms. The third kappa shape index (κ3) is 9.92. The molecule has 0 spiro atoms. The highest BCUT2D eigenvalue weighted by atomic mass is 14.1. The first-order valence-electron chi connectivity index (χ1n) is 6.31. The van der Waals surface area contributed by atoms with Crippen molar-refractivity contribution in [2.24, 2.45) is 5.92 Å². The largest absolute Gasteiger partial charge is 0.0654 e. The summed E-state index contributed by atoms with van der Waals surface area (Å²) in [7, 11) is 0. The molecule has 0 N–H and O–H groups in total. The van der Waals surface area contributed by atoms with Crippen LogP contribution in [0.5, 0.6) is 0 Å². The van der Waals surface area contributed by atoms with Crippen molar-refractivity contribution in [2.45, 2.75) is 78.6 Å². The van der Waals surface area contributed by atoms with E-state index in [1.807, 2.05) is 0 Å². The summed E-state index contributed by atoms with van der Waals surface area (Å²) in [5.74, 6) is 0.969. The Labute approximate surface area is 85.1 Å². The fraction of sp³-hybridized carbons (Fsp3) is 1.00. The lowest BCUT2D eigenvalue weighted by atomic mass is 9.98. The van der Waals surface area contributed by atoms with Crippen LogP contribution in [-0.2, 0) is 0 Å². The number of hydrogen-bond donors (Lipinski definition) is 0. The van der Waals surface area contributed by atoms with Crippen molar-refractivity contribution in [3.8, 4) is 0 Å². The fourth-order valence-corrected chi connectivity index (χ4v) is 1.91. The van der Waals surface area contributed by atoms with Crippen molar-refractivity contribution in [1.29, 1.82) is 0 Å². The summed E-state index contributed by atoms with van der Waals surface area (Å²) < 4.78 is 0. The summed E-state index contributed by atoms with van der Waals surface area (Å²) in [4.78, 5) is 0. The van der Waals surface area contributed by atoms with Crippen molar-refractivity contribution in [3.05, 3.63) is 0 Å². The molecule has 0 nitrogen and oxygen atoms in total. The maximum atomic E-state index is 2.40. The molecule has 80 valence electrons. The Hall–Kier alpha value is 0. The standard InChI is InChI=1S/C13H28/c1-4-6-7-8-9-10-12-13(3)11-5-2/h13H,4-12H2,1-3H3. The molecular weight excluding hydrogens is 156 g/mol. The van der Waals surface area contributed by atoms with E-state index in [1.165, 1.54) is 57.8 Å². The van der Waals surface area contributed by atoms with Gasteiger partial charge in [0, 0.05) is 0 Å². The van der Waals surface area contributed by atoms with E-state index in [1.54, 1.807) is 0 Å². The van der Waals surface area contributed by atoms with Crippen molar-refractivity contribution < 1.29 is 0 Å². The lowest BCUT2D eigenvalue weighted by Gasteiger charge is -2.08. The quantitative estimate of drug-likeness (QED) is 0.433. The molecule has 0 fully saturated rings. The summed E-state index contributed by atoms with van der Waals surface area (Å²) in [5, 5.41) is 0. The summed E-state index contributed by atoms with van der Waals surface area (Å²) in [6.45, 7) is 6.97. The molecule has 0 rings (SSSR count). The fourth-order valence-electron chi connectivity index (χ4n) is 1.91. The van der Waals surface area contributed by atoms with Gasteiger partial charge in [0.2, 0.25) is 0 Å². The van der Waals surface area contributed by atoms with Crippen LogP contribution in [-0.4, -0.2) is 0 Å². The molecule has 0 amide bonds. The minimum atomic E-state index is 0.969. The Bertz CT molecular complexity index is 86.0. The zero-order chi connectivity index (χ0) is 9.94. The van der Waals surface area contributed by atoms with E-state index in [2.05, 4.69) is 20.8 Å². The molecule has 0 saturated carbocycles. The molecule has 0 aromatic rings. The van der Waals surface area contributed by atoms with E-state index in [0.717, 1.165) is 5.92 Å². The minimum absolute atomic E-state index is 0.969. The van der Waals surface area contributed by atoms with Crippen LogP contribution in [0.4, 0.5) is 0 Å². The van der Waals surface area contributed by atoms with Gasteiger partial charge in [-0.3, -0.25) is 0 Å². The van der Waals surface area contributed by atoms with Crippen molar-refractivity contribution in [1.82, 2.24) is 0 Å². The second kappa shape index (κ2) is 10.1. The molecular formula is C13H28. The molecule has 0 aliphatic rings. The Morgan fingerprint density at radius 1 is 0.692 bits per heavy atom. The number of unbranched alkanes of at least 4 members (excludes halogenated alkanes) is 5. The van der Waals surface area contributed by atoms with Crippen LogP contribution in [0.2, 0.25) is 0 Å². The van der Waals surface area contributed by atoms with Gasteiger partial charge in [0.1, 0.15) is 0 Å². The lowest BCUT2D eigenvalue weighted by Crippen LogP contribution is -1.93. The predicted molar refractivity (Wildman–Crippen MR) is 62.1 cm³/mol. The van der Waals surface area contributed by atoms with Crippen LogP contribution in [0.1, 0.15) is 78.6 Å². The molecule has 1 atom stereocenters. The monoisotopic (exact) mass is 184 g/mol. The topological polar surface area (TPSA) is 0 Å². The number of hydrogen-bond acceptors (Lipinski definition) is 0. The maximum absolute atomic E-state index is 2.40. The van der Waals surface area contributed by atoms with Gasteiger partial charge in [-0.15, -0.1) is 0 Å². The van der Waals surface area contributed by atoms with Crippen LogP contribution >= 0.6 is 0 Å². The molecule has 0 saturated heterocycles. The average Bonchev–Trinajstić information content (AvgIpc) is 2.11. The van der Waals surface area contributed by atoms with E-state index in [9.17, 15) is 0 Å². The van der Waals surface area contributed by atoms with Gasteiger partial charge in [-0.05, 0) is 5.92 Å². The number of rotatable bonds is 9. The third-order valence-corrected chi connectivity index (χ3v) is 2.83. The lowest BCUT2D eigenvalue weighted by molar-refractivity contribution is 0.452. The Balaban J connectivity index is 2.97. The first kappa shape index (κ1) is 13.0. The zero-order valence-corrected chi connectivity index (χ0v) is 9.94. The van der Waals surface area contributed by atoms with E-state index in [0.29, 0.717) is 0 Å². The molecule has 1 unspecified atom stereocenters. The smallest absolute Gasteiger partial charge is 0.0443 e. The zero-order valence-electron chi connectivity index (χ0n) is 9.94. The van der Waals surface area contributed by atoms with Crippen LogP contribution in [0, 0.1) is 5.92 Å². The summed E-state index contributed by atoms with van der Waals surface area (Å²) in [6.07, 6.45) is 12.9. The highest BCUT2D eigenvalue weighted by Crippen LogP contribution is 2.15. The van der Waals surface area contributed by atoms with Gasteiger partial charge >= 0.3 is 0 Å². The summed E-state index contributed by atoms with van der Waals surface area (Å²) in [5.41, 5.74) is 0. The summed E-state index contributed by atoms with van der Waals surface area (Å²) >= 11 is 0. The molecule has 0 heteroatoms. The summed E-state index contributed by atoms with van der Waals surface area (Å²) in [6, 6.07) is 0. The third-order valence-electron chi connectivity index (χ3n) is 2.83. The second-order valence-electron chi connectivity index (χ2n) is 4.45. The van der Waals surface area contributed by atoms with E-state index in [4.69, 9.17) is 0 Å². The SMILES string of the molecule is CCCCCCCCC(C)CCC.